The molecule has 1 atom stereocenters. The maximum Gasteiger partial charge on any atom is 0.282 e. The topological polar surface area (TPSA) is 70.2 Å². The van der Waals surface area contributed by atoms with Crippen molar-refractivity contribution in [1.29, 1.82) is 0 Å². The molecule has 1 aliphatic heterocycles. The van der Waals surface area contributed by atoms with E-state index in [0.29, 0.717) is 12.3 Å². The molecular formula is C14H21N3O4S. The first-order valence-corrected chi connectivity index (χ1v) is 8.33. The SMILES string of the molecule is COc1ccc(N2CCN(S(=O)(=O)N(C)C)[C@H](C)C2=O)cc1. The van der Waals surface area contributed by atoms with Crippen LogP contribution < -0.4 is 9.64 Å². The Morgan fingerprint density at radius 2 is 1.77 bits per heavy atom. The summed E-state index contributed by atoms with van der Waals surface area (Å²) < 4.78 is 31.9. The van der Waals surface area contributed by atoms with Gasteiger partial charge in [-0.1, -0.05) is 0 Å². The van der Waals surface area contributed by atoms with E-state index in [0.717, 1.165) is 9.99 Å². The second-order valence-electron chi connectivity index (χ2n) is 5.26. The lowest BCUT2D eigenvalue weighted by molar-refractivity contribution is -0.123. The standard InChI is InChI=1S/C14H21N3O4S/c1-11-14(18)16(12-5-7-13(21-4)8-6-12)9-10-17(11)22(19,20)15(2)3/h5-8,11H,9-10H2,1-4H3/t11-/m1/s1. The van der Waals surface area contributed by atoms with Crippen molar-refractivity contribution in [2.24, 2.45) is 0 Å². The molecule has 0 aromatic heterocycles. The number of piperazine rings is 1. The molecule has 1 aliphatic rings. The van der Waals surface area contributed by atoms with E-state index in [1.807, 2.05) is 0 Å². The number of anilines is 1. The zero-order valence-corrected chi connectivity index (χ0v) is 14.0. The number of amides is 1. The molecule has 0 radical (unpaired) electrons. The van der Waals surface area contributed by atoms with Gasteiger partial charge in [-0.2, -0.15) is 17.0 Å². The van der Waals surface area contributed by atoms with Crippen molar-refractivity contribution in [2.45, 2.75) is 13.0 Å². The van der Waals surface area contributed by atoms with Crippen molar-refractivity contribution in [2.75, 3.05) is 39.2 Å². The lowest BCUT2D eigenvalue weighted by atomic mass is 10.2. The molecule has 1 amide bonds. The average molecular weight is 327 g/mol. The monoisotopic (exact) mass is 327 g/mol. The second-order valence-corrected chi connectivity index (χ2v) is 7.36. The van der Waals surface area contributed by atoms with Gasteiger partial charge < -0.3 is 9.64 Å². The highest BCUT2D eigenvalue weighted by Crippen LogP contribution is 2.24. The van der Waals surface area contributed by atoms with Crippen LogP contribution in [-0.4, -0.2) is 63.3 Å². The number of nitrogens with zero attached hydrogens (tertiary/aromatic N) is 3. The van der Waals surface area contributed by atoms with Crippen LogP contribution in [0.2, 0.25) is 0 Å². The Balaban J connectivity index is 2.22. The zero-order chi connectivity index (χ0) is 16.5. The predicted molar refractivity (Wildman–Crippen MR) is 84.1 cm³/mol. The van der Waals surface area contributed by atoms with Gasteiger partial charge >= 0.3 is 0 Å². The lowest BCUT2D eigenvalue weighted by Gasteiger charge is -2.39. The predicted octanol–water partition coefficient (Wildman–Crippen LogP) is 0.539. The van der Waals surface area contributed by atoms with Crippen molar-refractivity contribution >= 4 is 21.8 Å². The molecule has 22 heavy (non-hydrogen) atoms. The van der Waals surface area contributed by atoms with E-state index in [1.165, 1.54) is 18.4 Å². The fraction of sp³-hybridized carbons (Fsp3) is 0.500. The number of carbonyl (C=O) groups excluding carboxylic acids is 1. The summed E-state index contributed by atoms with van der Waals surface area (Å²) in [7, 11) is 0.899. The van der Waals surface area contributed by atoms with Gasteiger partial charge in [0.05, 0.1) is 7.11 Å². The van der Waals surface area contributed by atoms with Gasteiger partial charge in [0.2, 0.25) is 5.91 Å². The van der Waals surface area contributed by atoms with Gasteiger partial charge in [0.25, 0.3) is 10.2 Å². The van der Waals surface area contributed by atoms with E-state index in [2.05, 4.69) is 0 Å². The highest BCUT2D eigenvalue weighted by atomic mass is 32.2. The molecule has 0 spiro atoms. The number of hydrogen-bond acceptors (Lipinski definition) is 4. The van der Waals surface area contributed by atoms with Gasteiger partial charge in [-0.05, 0) is 31.2 Å². The minimum atomic E-state index is -3.60. The Hall–Kier alpha value is -1.64. The van der Waals surface area contributed by atoms with Gasteiger partial charge in [-0.15, -0.1) is 0 Å². The molecule has 1 aromatic carbocycles. The molecule has 8 heteroatoms. The molecule has 0 saturated carbocycles. The van der Waals surface area contributed by atoms with Crippen LogP contribution in [0.3, 0.4) is 0 Å². The summed E-state index contributed by atoms with van der Waals surface area (Å²) in [6.45, 7) is 2.20. The highest BCUT2D eigenvalue weighted by molar-refractivity contribution is 7.86. The molecular weight excluding hydrogens is 306 g/mol. The van der Waals surface area contributed by atoms with E-state index in [9.17, 15) is 13.2 Å². The normalized spacial score (nSPS) is 20.5. The van der Waals surface area contributed by atoms with Crippen LogP contribution in [0.4, 0.5) is 5.69 Å². The summed E-state index contributed by atoms with van der Waals surface area (Å²) >= 11 is 0. The van der Waals surface area contributed by atoms with Gasteiger partial charge in [0, 0.05) is 32.9 Å². The molecule has 1 heterocycles. The molecule has 2 rings (SSSR count). The first-order chi connectivity index (χ1) is 10.3. The Kier molecular flexibility index (Phi) is 4.74. The van der Waals surface area contributed by atoms with Gasteiger partial charge in [-0.25, -0.2) is 0 Å². The largest absolute Gasteiger partial charge is 0.497 e. The van der Waals surface area contributed by atoms with Crippen molar-refractivity contribution in [3.63, 3.8) is 0 Å². The summed E-state index contributed by atoms with van der Waals surface area (Å²) in [5.41, 5.74) is 0.736. The number of ether oxygens (including phenoxy) is 1. The van der Waals surface area contributed by atoms with Crippen molar-refractivity contribution in [3.8, 4) is 5.75 Å². The molecule has 0 N–H and O–H groups in total. The zero-order valence-electron chi connectivity index (χ0n) is 13.2. The third kappa shape index (κ3) is 2.94. The van der Waals surface area contributed by atoms with E-state index in [-0.39, 0.29) is 12.5 Å². The van der Waals surface area contributed by atoms with Crippen LogP contribution in [0.5, 0.6) is 5.75 Å². The summed E-state index contributed by atoms with van der Waals surface area (Å²) in [6, 6.07) is 6.40. The van der Waals surface area contributed by atoms with Crippen LogP contribution >= 0.6 is 0 Å². The summed E-state index contributed by atoms with van der Waals surface area (Å²) in [6.07, 6.45) is 0. The minimum Gasteiger partial charge on any atom is -0.497 e. The first kappa shape index (κ1) is 16.7. The van der Waals surface area contributed by atoms with Gasteiger partial charge in [0.1, 0.15) is 11.8 Å². The highest BCUT2D eigenvalue weighted by Gasteiger charge is 2.39. The van der Waals surface area contributed by atoms with Crippen LogP contribution in [0.1, 0.15) is 6.92 Å². The van der Waals surface area contributed by atoms with Crippen molar-refractivity contribution in [1.82, 2.24) is 8.61 Å². The molecule has 0 bridgehead atoms. The number of carbonyl (C=O) groups is 1. The Labute approximate surface area is 131 Å². The van der Waals surface area contributed by atoms with E-state index < -0.39 is 16.3 Å². The quantitative estimate of drug-likeness (QED) is 0.809. The molecule has 1 saturated heterocycles. The minimum absolute atomic E-state index is 0.234. The molecule has 1 fully saturated rings. The number of methoxy groups -OCH3 is 1. The molecule has 122 valence electrons. The van der Waals surface area contributed by atoms with E-state index in [1.54, 1.807) is 43.2 Å². The van der Waals surface area contributed by atoms with Crippen LogP contribution in [0.15, 0.2) is 24.3 Å². The summed E-state index contributed by atoms with van der Waals surface area (Å²) in [5, 5.41) is 0. The van der Waals surface area contributed by atoms with E-state index in [4.69, 9.17) is 4.74 Å². The van der Waals surface area contributed by atoms with Gasteiger partial charge in [0.15, 0.2) is 0 Å². The smallest absolute Gasteiger partial charge is 0.282 e. The number of rotatable bonds is 4. The molecule has 0 aliphatic carbocycles. The third-order valence-corrected chi connectivity index (χ3v) is 5.76. The summed E-state index contributed by atoms with van der Waals surface area (Å²) in [4.78, 5) is 14.1. The van der Waals surface area contributed by atoms with Crippen molar-refractivity contribution in [3.05, 3.63) is 24.3 Å². The summed E-state index contributed by atoms with van der Waals surface area (Å²) in [5.74, 6) is 0.472. The number of hydrogen-bond donors (Lipinski definition) is 0. The first-order valence-electron chi connectivity index (χ1n) is 6.93. The fourth-order valence-corrected chi connectivity index (χ4v) is 3.62. The maximum absolute atomic E-state index is 12.5. The Morgan fingerprint density at radius 3 is 2.27 bits per heavy atom. The number of benzene rings is 1. The fourth-order valence-electron chi connectivity index (χ4n) is 2.39. The maximum atomic E-state index is 12.5. The van der Waals surface area contributed by atoms with Crippen LogP contribution in [0, 0.1) is 0 Å². The van der Waals surface area contributed by atoms with Crippen LogP contribution in [0.25, 0.3) is 0 Å². The average Bonchev–Trinajstić information content (AvgIpc) is 2.49. The van der Waals surface area contributed by atoms with Gasteiger partial charge in [-0.3, -0.25) is 4.79 Å². The van der Waals surface area contributed by atoms with E-state index >= 15 is 0 Å². The lowest BCUT2D eigenvalue weighted by Crippen LogP contribution is -2.59. The third-order valence-electron chi connectivity index (χ3n) is 3.74. The molecule has 0 unspecified atom stereocenters. The Morgan fingerprint density at radius 1 is 1.18 bits per heavy atom. The van der Waals surface area contributed by atoms with Crippen molar-refractivity contribution < 1.29 is 17.9 Å². The van der Waals surface area contributed by atoms with Crippen LogP contribution in [-0.2, 0) is 15.0 Å². The Bertz CT molecular complexity index is 643. The molecule has 1 aromatic rings. The second kappa shape index (κ2) is 6.23. The molecule has 7 nitrogen and oxygen atoms in total.